The van der Waals surface area contributed by atoms with Crippen molar-refractivity contribution >= 4 is 22.7 Å². The molecule has 3 rings (SSSR count). The molecule has 0 saturated carbocycles. The van der Waals surface area contributed by atoms with Gasteiger partial charge in [0.2, 0.25) is 0 Å². The topological polar surface area (TPSA) is 120 Å². The van der Waals surface area contributed by atoms with Crippen LogP contribution in [0.3, 0.4) is 0 Å². The number of anilines is 3. The van der Waals surface area contributed by atoms with Crippen LogP contribution < -0.4 is 16.0 Å². The van der Waals surface area contributed by atoms with Crippen molar-refractivity contribution in [1.82, 2.24) is 0 Å². The van der Waals surface area contributed by atoms with Crippen LogP contribution in [-0.2, 0) is 6.54 Å². The Hall–Kier alpha value is -2.91. The molecule has 5 N–H and O–H groups in total. The summed E-state index contributed by atoms with van der Waals surface area (Å²) >= 11 is 0. The standard InChI is InChI=1S/C15H15FN4O4/c16-9-2-1-3-10(5-9)17-7-8-4-11(20(23)24)6-12-13(8)19-15(22)14(21)18-12/h1-6,14-15,17-19,21-22H,7H2. The highest BCUT2D eigenvalue weighted by Gasteiger charge is 2.27. The van der Waals surface area contributed by atoms with Gasteiger partial charge in [0.25, 0.3) is 5.69 Å². The average Bonchev–Trinajstić information content (AvgIpc) is 2.53. The maximum Gasteiger partial charge on any atom is 0.271 e. The Morgan fingerprint density at radius 1 is 1.21 bits per heavy atom. The number of hydrogen-bond donors (Lipinski definition) is 5. The Labute approximate surface area is 136 Å². The van der Waals surface area contributed by atoms with Crippen molar-refractivity contribution in [2.75, 3.05) is 16.0 Å². The molecule has 126 valence electrons. The van der Waals surface area contributed by atoms with E-state index in [9.17, 15) is 24.7 Å². The number of nitrogens with zero attached hydrogens (tertiary/aromatic N) is 1. The minimum absolute atomic E-state index is 0.158. The smallest absolute Gasteiger partial charge is 0.271 e. The van der Waals surface area contributed by atoms with Crippen LogP contribution in [0.2, 0.25) is 0 Å². The zero-order chi connectivity index (χ0) is 17.3. The summed E-state index contributed by atoms with van der Waals surface area (Å²) in [4.78, 5) is 10.5. The Balaban J connectivity index is 1.92. The van der Waals surface area contributed by atoms with Gasteiger partial charge in [-0.05, 0) is 18.2 Å². The first kappa shape index (κ1) is 16.0. The number of nitro groups is 1. The molecule has 2 atom stereocenters. The monoisotopic (exact) mass is 334 g/mol. The van der Waals surface area contributed by atoms with Gasteiger partial charge in [0.1, 0.15) is 5.82 Å². The fourth-order valence-corrected chi connectivity index (χ4v) is 2.48. The molecule has 0 amide bonds. The lowest BCUT2D eigenvalue weighted by Crippen LogP contribution is -2.43. The number of benzene rings is 2. The largest absolute Gasteiger partial charge is 0.381 e. The van der Waals surface area contributed by atoms with Gasteiger partial charge in [0.15, 0.2) is 12.5 Å². The molecule has 9 heteroatoms. The first-order chi connectivity index (χ1) is 11.4. The zero-order valence-electron chi connectivity index (χ0n) is 12.4. The SMILES string of the molecule is O=[N+]([O-])c1cc(CNc2cccc(F)c2)c2c(c1)NC(O)C(O)N2. The summed E-state index contributed by atoms with van der Waals surface area (Å²) in [6.07, 6.45) is -2.55. The highest BCUT2D eigenvalue weighted by atomic mass is 19.1. The Kier molecular flexibility index (Phi) is 4.19. The number of halogens is 1. The summed E-state index contributed by atoms with van der Waals surface area (Å²) in [5.41, 5.74) is 1.57. The van der Waals surface area contributed by atoms with Gasteiger partial charge < -0.3 is 26.2 Å². The second kappa shape index (κ2) is 6.30. The lowest BCUT2D eigenvalue weighted by molar-refractivity contribution is -0.384. The van der Waals surface area contributed by atoms with Gasteiger partial charge in [0.05, 0.1) is 16.3 Å². The van der Waals surface area contributed by atoms with E-state index >= 15 is 0 Å². The van der Waals surface area contributed by atoms with Gasteiger partial charge in [-0.3, -0.25) is 10.1 Å². The van der Waals surface area contributed by atoms with Crippen LogP contribution in [0.5, 0.6) is 0 Å². The van der Waals surface area contributed by atoms with Crippen LogP contribution in [0.1, 0.15) is 5.56 Å². The van der Waals surface area contributed by atoms with E-state index in [4.69, 9.17) is 0 Å². The van der Waals surface area contributed by atoms with Crippen molar-refractivity contribution in [2.24, 2.45) is 0 Å². The number of nitrogens with one attached hydrogen (secondary N) is 3. The summed E-state index contributed by atoms with van der Waals surface area (Å²) in [7, 11) is 0. The van der Waals surface area contributed by atoms with Gasteiger partial charge >= 0.3 is 0 Å². The summed E-state index contributed by atoms with van der Waals surface area (Å²) in [6.45, 7) is 0.158. The minimum Gasteiger partial charge on any atom is -0.381 e. The number of aliphatic hydroxyl groups is 2. The van der Waals surface area contributed by atoms with Crippen molar-refractivity contribution < 1.29 is 19.5 Å². The number of aliphatic hydroxyl groups excluding tert-OH is 2. The predicted molar refractivity (Wildman–Crippen MR) is 86.1 cm³/mol. The van der Waals surface area contributed by atoms with E-state index in [1.165, 1.54) is 24.3 Å². The maximum atomic E-state index is 13.2. The molecular formula is C15H15FN4O4. The number of hydrogen-bond acceptors (Lipinski definition) is 7. The lowest BCUT2D eigenvalue weighted by atomic mass is 10.1. The van der Waals surface area contributed by atoms with Crippen LogP contribution in [-0.4, -0.2) is 27.6 Å². The molecule has 0 aromatic heterocycles. The van der Waals surface area contributed by atoms with Crippen molar-refractivity contribution in [1.29, 1.82) is 0 Å². The van der Waals surface area contributed by atoms with E-state index in [1.54, 1.807) is 12.1 Å². The van der Waals surface area contributed by atoms with Gasteiger partial charge in [0, 0.05) is 29.9 Å². The fourth-order valence-electron chi connectivity index (χ4n) is 2.48. The average molecular weight is 334 g/mol. The van der Waals surface area contributed by atoms with E-state index in [1.807, 2.05) is 0 Å². The molecule has 24 heavy (non-hydrogen) atoms. The zero-order valence-corrected chi connectivity index (χ0v) is 12.4. The van der Waals surface area contributed by atoms with Crippen LogP contribution in [0.15, 0.2) is 36.4 Å². The molecule has 0 fully saturated rings. The third-order valence-electron chi connectivity index (χ3n) is 3.62. The molecule has 2 aromatic rings. The van der Waals surface area contributed by atoms with Crippen LogP contribution >= 0.6 is 0 Å². The Morgan fingerprint density at radius 3 is 2.67 bits per heavy atom. The quantitative estimate of drug-likeness (QED) is 0.427. The lowest BCUT2D eigenvalue weighted by Gasteiger charge is -2.31. The molecule has 2 unspecified atom stereocenters. The molecule has 1 aliphatic heterocycles. The molecular weight excluding hydrogens is 319 g/mol. The van der Waals surface area contributed by atoms with Crippen molar-refractivity contribution in [3.8, 4) is 0 Å². The molecule has 0 radical (unpaired) electrons. The third kappa shape index (κ3) is 3.21. The molecule has 1 aliphatic rings. The van der Waals surface area contributed by atoms with E-state index in [0.29, 0.717) is 22.6 Å². The summed E-state index contributed by atoms with van der Waals surface area (Å²) < 4.78 is 13.2. The Bertz CT molecular complexity index is 786. The summed E-state index contributed by atoms with van der Waals surface area (Å²) in [6, 6.07) is 8.43. The van der Waals surface area contributed by atoms with E-state index in [0.717, 1.165) is 0 Å². The number of non-ortho nitro benzene ring substituents is 1. The minimum atomic E-state index is -1.29. The van der Waals surface area contributed by atoms with Gasteiger partial charge in [-0.25, -0.2) is 4.39 Å². The first-order valence-electron chi connectivity index (χ1n) is 7.14. The molecule has 0 saturated heterocycles. The molecule has 1 heterocycles. The molecule has 0 aliphatic carbocycles. The third-order valence-corrected chi connectivity index (χ3v) is 3.62. The number of rotatable bonds is 4. The van der Waals surface area contributed by atoms with Gasteiger partial charge in [-0.15, -0.1) is 0 Å². The molecule has 0 bridgehead atoms. The van der Waals surface area contributed by atoms with Crippen LogP contribution in [0.25, 0.3) is 0 Å². The predicted octanol–water partition coefficient (Wildman–Crippen LogP) is 1.82. The second-order valence-corrected chi connectivity index (χ2v) is 5.33. The van der Waals surface area contributed by atoms with Crippen LogP contribution in [0.4, 0.5) is 27.1 Å². The van der Waals surface area contributed by atoms with Crippen molar-refractivity contribution in [2.45, 2.75) is 19.0 Å². The first-order valence-corrected chi connectivity index (χ1v) is 7.14. The van der Waals surface area contributed by atoms with Gasteiger partial charge in [-0.1, -0.05) is 6.07 Å². The molecule has 8 nitrogen and oxygen atoms in total. The normalized spacial score (nSPS) is 19.0. The van der Waals surface area contributed by atoms with Crippen molar-refractivity contribution in [3.05, 3.63) is 57.9 Å². The number of nitro benzene ring substituents is 1. The number of fused-ring (bicyclic) bond motifs is 1. The van der Waals surface area contributed by atoms with E-state index < -0.39 is 23.2 Å². The summed E-state index contributed by atoms with van der Waals surface area (Å²) in [5, 5.41) is 38.7. The van der Waals surface area contributed by atoms with Crippen LogP contribution in [0, 0.1) is 15.9 Å². The summed E-state index contributed by atoms with van der Waals surface area (Å²) in [5.74, 6) is -0.403. The van der Waals surface area contributed by atoms with Crippen molar-refractivity contribution in [3.63, 3.8) is 0 Å². The van der Waals surface area contributed by atoms with Gasteiger partial charge in [-0.2, -0.15) is 0 Å². The highest BCUT2D eigenvalue weighted by Crippen LogP contribution is 2.35. The molecule has 2 aromatic carbocycles. The Morgan fingerprint density at radius 2 is 1.96 bits per heavy atom. The highest BCUT2D eigenvalue weighted by molar-refractivity contribution is 5.78. The molecule has 0 spiro atoms. The maximum absolute atomic E-state index is 13.2. The fraction of sp³-hybridized carbons (Fsp3) is 0.200. The van der Waals surface area contributed by atoms with E-state index in [2.05, 4.69) is 16.0 Å². The van der Waals surface area contributed by atoms with E-state index in [-0.39, 0.29) is 12.2 Å². The second-order valence-electron chi connectivity index (χ2n) is 5.33.